The molecule has 0 atom stereocenters. The van der Waals surface area contributed by atoms with Gasteiger partial charge in [-0.2, -0.15) is 13.2 Å². The van der Waals surface area contributed by atoms with Crippen LogP contribution in [0.25, 0.3) is 0 Å². The van der Waals surface area contributed by atoms with Crippen LogP contribution in [0.5, 0.6) is 0 Å². The molecule has 0 radical (unpaired) electrons. The molecule has 1 aliphatic carbocycles. The van der Waals surface area contributed by atoms with Crippen molar-refractivity contribution in [1.82, 2.24) is 9.71 Å². The zero-order valence-corrected chi connectivity index (χ0v) is 20.2. The molecule has 1 fully saturated rings. The molecule has 0 unspecified atom stereocenters. The highest BCUT2D eigenvalue weighted by atomic mass is 32.2. The first kappa shape index (κ1) is 26.4. The molecular formula is C21H26F4N4O3S2. The van der Waals surface area contributed by atoms with Gasteiger partial charge < -0.3 is 11.1 Å². The van der Waals surface area contributed by atoms with E-state index < -0.39 is 38.9 Å². The van der Waals surface area contributed by atoms with E-state index in [9.17, 15) is 30.8 Å². The van der Waals surface area contributed by atoms with E-state index in [1.807, 2.05) is 13.8 Å². The van der Waals surface area contributed by atoms with Gasteiger partial charge in [0.2, 0.25) is 15.8 Å². The minimum atomic E-state index is -4.91. The number of thiazole rings is 1. The van der Waals surface area contributed by atoms with E-state index in [0.717, 1.165) is 23.5 Å². The van der Waals surface area contributed by atoms with Crippen molar-refractivity contribution in [1.29, 1.82) is 0 Å². The van der Waals surface area contributed by atoms with Crippen molar-refractivity contribution in [3.05, 3.63) is 40.0 Å². The Morgan fingerprint density at radius 1 is 1.21 bits per heavy atom. The lowest BCUT2D eigenvalue weighted by molar-refractivity contribution is -0.138. The maximum atomic E-state index is 13.4. The maximum Gasteiger partial charge on any atom is 0.417 e. The predicted octanol–water partition coefficient (Wildman–Crippen LogP) is 4.41. The van der Waals surface area contributed by atoms with Crippen molar-refractivity contribution in [2.75, 3.05) is 16.8 Å². The van der Waals surface area contributed by atoms with Gasteiger partial charge >= 0.3 is 6.18 Å². The van der Waals surface area contributed by atoms with Gasteiger partial charge in [-0.3, -0.25) is 4.79 Å². The topological polar surface area (TPSA) is 114 Å². The van der Waals surface area contributed by atoms with Crippen LogP contribution in [0.1, 0.15) is 60.3 Å². The quantitative estimate of drug-likeness (QED) is 0.350. The number of nitrogens with zero attached hydrogens (tertiary/aromatic N) is 1. The van der Waals surface area contributed by atoms with Crippen LogP contribution < -0.4 is 15.8 Å². The second-order valence-corrected chi connectivity index (χ2v) is 11.5. The largest absolute Gasteiger partial charge is 0.417 e. The lowest BCUT2D eigenvalue weighted by Crippen LogP contribution is -2.41. The summed E-state index contributed by atoms with van der Waals surface area (Å²) < 4.78 is 80.3. The van der Waals surface area contributed by atoms with Crippen LogP contribution >= 0.6 is 11.3 Å². The molecule has 0 amide bonds. The number of benzene rings is 1. The Morgan fingerprint density at radius 2 is 1.82 bits per heavy atom. The van der Waals surface area contributed by atoms with Gasteiger partial charge in [-0.15, -0.1) is 0 Å². The lowest BCUT2D eigenvalue weighted by Gasteiger charge is -2.29. The van der Waals surface area contributed by atoms with E-state index in [1.54, 1.807) is 0 Å². The zero-order valence-electron chi connectivity index (χ0n) is 18.6. The number of rotatable bonds is 8. The number of aromatic nitrogens is 1. The molecule has 1 saturated carbocycles. The number of anilines is 2. The second-order valence-electron chi connectivity index (χ2n) is 8.74. The fourth-order valence-corrected chi connectivity index (χ4v) is 6.53. The highest BCUT2D eigenvalue weighted by Gasteiger charge is 2.37. The number of hydrogen-bond acceptors (Lipinski definition) is 7. The average Bonchev–Trinajstić information content (AvgIpc) is 3.07. The number of hydrogen-bond donors (Lipinski definition) is 3. The first-order valence-electron chi connectivity index (χ1n) is 10.7. The minimum Gasteiger partial charge on any atom is -0.382 e. The Hall–Kier alpha value is -2.25. The Balaban J connectivity index is 1.66. The monoisotopic (exact) mass is 522 g/mol. The molecule has 34 heavy (non-hydrogen) atoms. The zero-order chi connectivity index (χ0) is 25.3. The van der Waals surface area contributed by atoms with Crippen molar-refractivity contribution < 1.29 is 30.8 Å². The highest BCUT2D eigenvalue weighted by molar-refractivity contribution is 7.89. The van der Waals surface area contributed by atoms with E-state index in [2.05, 4.69) is 15.0 Å². The number of halogens is 4. The predicted molar refractivity (Wildman–Crippen MR) is 123 cm³/mol. The third-order valence-corrected chi connectivity index (χ3v) is 8.14. The molecule has 7 nitrogen and oxygen atoms in total. The summed E-state index contributed by atoms with van der Waals surface area (Å²) in [7, 11) is -3.35. The van der Waals surface area contributed by atoms with Crippen LogP contribution in [-0.4, -0.2) is 37.0 Å². The second kappa shape index (κ2) is 10.2. The van der Waals surface area contributed by atoms with Crippen molar-refractivity contribution >= 4 is 38.1 Å². The van der Waals surface area contributed by atoms with Gasteiger partial charge in [0.25, 0.3) is 0 Å². The molecule has 0 aliphatic heterocycles. The normalized spacial score (nSPS) is 19.4. The summed E-state index contributed by atoms with van der Waals surface area (Å²) in [4.78, 5) is 16.7. The van der Waals surface area contributed by atoms with Crippen LogP contribution in [0.2, 0.25) is 0 Å². The van der Waals surface area contributed by atoms with E-state index >= 15 is 0 Å². The third kappa shape index (κ3) is 6.66. The van der Waals surface area contributed by atoms with Gasteiger partial charge in [0.1, 0.15) is 16.5 Å². The third-order valence-electron chi connectivity index (χ3n) is 5.34. The highest BCUT2D eigenvalue weighted by Crippen LogP contribution is 2.36. The van der Waals surface area contributed by atoms with E-state index in [0.29, 0.717) is 25.7 Å². The molecule has 13 heteroatoms. The average molecular weight is 523 g/mol. The molecule has 3 rings (SSSR count). The molecule has 1 aliphatic rings. The van der Waals surface area contributed by atoms with Crippen LogP contribution in [-0.2, 0) is 16.2 Å². The fraction of sp³-hybridized carbons (Fsp3) is 0.524. The maximum absolute atomic E-state index is 13.4. The standard InChI is InChI=1S/C21H26F4N4O3S2/c1-11(2)10-34(31,32)29-14-6-4-13(5-7-14)27-20-28-19(26)18(33-20)17(30)15-8-3-12(22)9-16(15)21(23,24)25/h3,8-9,11,13-14,29H,4-7,10,26H2,1-2H3,(H,27,28)/t13-,14-. The van der Waals surface area contributed by atoms with Gasteiger partial charge in [0.15, 0.2) is 5.13 Å². The van der Waals surface area contributed by atoms with E-state index in [1.165, 1.54) is 0 Å². The van der Waals surface area contributed by atoms with Crippen LogP contribution in [0, 0.1) is 11.7 Å². The van der Waals surface area contributed by atoms with Gasteiger partial charge in [0, 0.05) is 17.6 Å². The van der Waals surface area contributed by atoms with Crippen LogP contribution in [0.4, 0.5) is 28.5 Å². The molecule has 2 aromatic rings. The summed E-state index contributed by atoms with van der Waals surface area (Å²) in [6.45, 7) is 3.66. The smallest absolute Gasteiger partial charge is 0.382 e. The summed E-state index contributed by atoms with van der Waals surface area (Å²) >= 11 is 0.828. The van der Waals surface area contributed by atoms with Crippen molar-refractivity contribution in [2.45, 2.75) is 57.8 Å². The summed E-state index contributed by atoms with van der Waals surface area (Å²) in [6, 6.07) is 1.62. The van der Waals surface area contributed by atoms with Gasteiger partial charge in [0.05, 0.1) is 11.3 Å². The van der Waals surface area contributed by atoms with Crippen LogP contribution in [0.3, 0.4) is 0 Å². The summed E-state index contributed by atoms with van der Waals surface area (Å²) in [5.41, 5.74) is 3.73. The summed E-state index contributed by atoms with van der Waals surface area (Å²) in [5.74, 6) is -2.23. The Bertz CT molecular complexity index is 1140. The summed E-state index contributed by atoms with van der Waals surface area (Å²) in [6.07, 6.45) is -2.44. The number of nitrogen functional groups attached to an aromatic ring is 1. The van der Waals surface area contributed by atoms with Crippen molar-refractivity contribution in [3.8, 4) is 0 Å². The van der Waals surface area contributed by atoms with E-state index in [4.69, 9.17) is 5.73 Å². The lowest BCUT2D eigenvalue weighted by atomic mass is 9.92. The molecule has 0 bridgehead atoms. The molecule has 4 N–H and O–H groups in total. The number of nitrogens with one attached hydrogen (secondary N) is 2. The Kier molecular flexibility index (Phi) is 7.88. The number of nitrogens with two attached hydrogens (primary N) is 1. The first-order chi connectivity index (χ1) is 15.7. The molecular weight excluding hydrogens is 496 g/mol. The first-order valence-corrected chi connectivity index (χ1v) is 13.2. The molecule has 1 heterocycles. The number of ketones is 1. The van der Waals surface area contributed by atoms with Crippen molar-refractivity contribution in [3.63, 3.8) is 0 Å². The molecule has 188 valence electrons. The van der Waals surface area contributed by atoms with Crippen LogP contribution in [0.15, 0.2) is 18.2 Å². The molecule has 0 saturated heterocycles. The van der Waals surface area contributed by atoms with Gasteiger partial charge in [-0.25, -0.2) is 22.5 Å². The number of carbonyl (C=O) groups excluding carboxylic acids is 1. The SMILES string of the molecule is CC(C)CS(=O)(=O)N[C@H]1CC[C@H](Nc2nc(N)c(C(=O)c3ccc(F)cc3C(F)(F)F)s2)CC1. The fourth-order valence-electron chi connectivity index (χ4n) is 3.90. The number of alkyl halides is 3. The number of sulfonamides is 1. The molecule has 1 aromatic carbocycles. The number of carbonyl (C=O) groups is 1. The summed E-state index contributed by atoms with van der Waals surface area (Å²) in [5, 5.41) is 3.41. The Morgan fingerprint density at radius 3 is 2.41 bits per heavy atom. The van der Waals surface area contributed by atoms with Crippen molar-refractivity contribution in [2.24, 2.45) is 5.92 Å². The van der Waals surface area contributed by atoms with Gasteiger partial charge in [-0.1, -0.05) is 25.2 Å². The minimum absolute atomic E-state index is 0.0184. The van der Waals surface area contributed by atoms with E-state index in [-0.39, 0.29) is 45.6 Å². The molecule has 1 aromatic heterocycles. The molecule has 0 spiro atoms. The Labute approximate surface area is 199 Å². The van der Waals surface area contributed by atoms with Gasteiger partial charge in [-0.05, 0) is 49.8 Å².